The van der Waals surface area contributed by atoms with Crippen LogP contribution in [0.25, 0.3) is 0 Å². The summed E-state index contributed by atoms with van der Waals surface area (Å²) in [6.07, 6.45) is 0.336. The Morgan fingerprint density at radius 2 is 1.90 bits per heavy atom. The normalized spacial score (nSPS) is 13.4. The summed E-state index contributed by atoms with van der Waals surface area (Å²) in [6, 6.07) is 11.6. The highest BCUT2D eigenvalue weighted by molar-refractivity contribution is 6.61. The molecule has 3 nitrogen and oxygen atoms in total. The van der Waals surface area contributed by atoms with E-state index in [0.717, 1.165) is 33.3 Å². The zero-order chi connectivity index (χ0) is 15.0. The highest BCUT2D eigenvalue weighted by Gasteiger charge is 2.27. The third-order valence-electron chi connectivity index (χ3n) is 3.78. The van der Waals surface area contributed by atoms with Gasteiger partial charge >= 0.3 is 7.12 Å². The Morgan fingerprint density at radius 3 is 2.62 bits per heavy atom. The zero-order valence-electron chi connectivity index (χ0n) is 12.2. The molecule has 2 aromatic carbocycles. The number of hydrogen-bond donors (Lipinski definition) is 1. The second-order valence-electron chi connectivity index (χ2n) is 5.67. The minimum Gasteiger partial charge on any atom is -0.423 e. The van der Waals surface area contributed by atoms with Gasteiger partial charge in [0.05, 0.1) is 6.61 Å². The fourth-order valence-corrected chi connectivity index (χ4v) is 2.80. The molecule has 1 aliphatic heterocycles. The molecule has 3 rings (SSSR count). The minimum atomic E-state index is -0.865. The molecule has 4 heteroatoms. The molecule has 1 heterocycles. The van der Waals surface area contributed by atoms with Crippen molar-refractivity contribution < 1.29 is 14.5 Å². The monoisotopic (exact) mass is 280 g/mol. The molecule has 0 aromatic heterocycles. The van der Waals surface area contributed by atoms with E-state index in [1.54, 1.807) is 0 Å². The molecule has 1 N–H and O–H groups in total. The first kappa shape index (κ1) is 14.0. The van der Waals surface area contributed by atoms with E-state index in [4.69, 9.17) is 4.65 Å². The minimum absolute atomic E-state index is 0.0927. The predicted octanol–water partition coefficient (Wildman–Crippen LogP) is 1.95. The summed E-state index contributed by atoms with van der Waals surface area (Å²) >= 11 is 0. The number of ketones is 1. The van der Waals surface area contributed by atoms with Gasteiger partial charge in [0.1, 0.15) is 0 Å². The van der Waals surface area contributed by atoms with Crippen molar-refractivity contribution in [3.8, 4) is 0 Å². The van der Waals surface area contributed by atoms with E-state index >= 15 is 0 Å². The second kappa shape index (κ2) is 5.47. The summed E-state index contributed by atoms with van der Waals surface area (Å²) < 4.78 is 5.17. The maximum absolute atomic E-state index is 12.4. The molecule has 0 bridgehead atoms. The van der Waals surface area contributed by atoms with Gasteiger partial charge in [-0.25, -0.2) is 0 Å². The average molecular weight is 280 g/mol. The Morgan fingerprint density at radius 1 is 1.19 bits per heavy atom. The van der Waals surface area contributed by atoms with Gasteiger partial charge in [0, 0.05) is 12.0 Å². The predicted molar refractivity (Wildman–Crippen MR) is 82.8 cm³/mol. The van der Waals surface area contributed by atoms with Crippen molar-refractivity contribution in [2.24, 2.45) is 0 Å². The van der Waals surface area contributed by atoms with Crippen molar-refractivity contribution in [1.82, 2.24) is 0 Å². The van der Waals surface area contributed by atoms with E-state index in [1.165, 1.54) is 0 Å². The first-order valence-electron chi connectivity index (χ1n) is 7.06. The third-order valence-corrected chi connectivity index (χ3v) is 3.78. The number of aryl methyl sites for hydroxylation is 2. The van der Waals surface area contributed by atoms with Crippen molar-refractivity contribution in [2.75, 3.05) is 0 Å². The topological polar surface area (TPSA) is 46.5 Å². The van der Waals surface area contributed by atoms with E-state index in [9.17, 15) is 9.82 Å². The van der Waals surface area contributed by atoms with E-state index in [-0.39, 0.29) is 5.78 Å². The van der Waals surface area contributed by atoms with Gasteiger partial charge in [0.25, 0.3) is 0 Å². The smallest absolute Gasteiger partial charge is 0.423 e. The summed E-state index contributed by atoms with van der Waals surface area (Å²) in [5.74, 6) is 0.0927. The van der Waals surface area contributed by atoms with Gasteiger partial charge in [0.2, 0.25) is 0 Å². The average Bonchev–Trinajstić information content (AvgIpc) is 2.79. The molecule has 2 aromatic rings. The van der Waals surface area contributed by atoms with Crippen LogP contribution in [0.4, 0.5) is 0 Å². The van der Waals surface area contributed by atoms with Gasteiger partial charge in [-0.1, -0.05) is 35.4 Å². The Kier molecular flexibility index (Phi) is 3.66. The van der Waals surface area contributed by atoms with Crippen LogP contribution >= 0.6 is 0 Å². The van der Waals surface area contributed by atoms with Crippen LogP contribution in [0.3, 0.4) is 0 Å². The molecule has 0 unspecified atom stereocenters. The number of hydrogen-bond acceptors (Lipinski definition) is 3. The van der Waals surface area contributed by atoms with E-state index in [2.05, 4.69) is 6.07 Å². The lowest BCUT2D eigenvalue weighted by Crippen LogP contribution is -2.28. The van der Waals surface area contributed by atoms with Gasteiger partial charge in [-0.05, 0) is 42.6 Å². The quantitative estimate of drug-likeness (QED) is 0.690. The molecule has 0 fully saturated rings. The van der Waals surface area contributed by atoms with Crippen LogP contribution in [0.2, 0.25) is 0 Å². The largest absolute Gasteiger partial charge is 0.491 e. The maximum Gasteiger partial charge on any atom is 0.491 e. The Balaban J connectivity index is 1.83. The standard InChI is InChI=1S/C17H17BO3/c1-11-5-12(2)7-15(6-11)17(19)9-13-3-4-14-10-21-18(20)16(14)8-13/h3-8,20H,9-10H2,1-2H3. The number of Topliss-reactive ketones (excluding diaryl/α,β-unsaturated/α-hetero) is 1. The third kappa shape index (κ3) is 2.92. The number of benzene rings is 2. The molecule has 0 saturated heterocycles. The number of rotatable bonds is 3. The van der Waals surface area contributed by atoms with Crippen molar-refractivity contribution in [1.29, 1.82) is 0 Å². The molecule has 0 aliphatic carbocycles. The summed E-state index contributed by atoms with van der Waals surface area (Å²) in [5.41, 5.74) is 5.60. The van der Waals surface area contributed by atoms with Crippen molar-refractivity contribution in [2.45, 2.75) is 26.9 Å². The molecule has 0 spiro atoms. The molecular weight excluding hydrogens is 263 g/mol. The van der Waals surface area contributed by atoms with Crippen molar-refractivity contribution in [3.63, 3.8) is 0 Å². The van der Waals surface area contributed by atoms with E-state index in [1.807, 2.05) is 44.2 Å². The van der Waals surface area contributed by atoms with E-state index < -0.39 is 7.12 Å². The highest BCUT2D eigenvalue weighted by atomic mass is 16.5. The van der Waals surface area contributed by atoms with E-state index in [0.29, 0.717) is 13.0 Å². The molecule has 0 amide bonds. The van der Waals surface area contributed by atoms with Gasteiger partial charge < -0.3 is 9.68 Å². The SMILES string of the molecule is Cc1cc(C)cc(C(=O)Cc2ccc3c(c2)B(O)OC3)c1. The summed E-state index contributed by atoms with van der Waals surface area (Å²) in [5, 5.41) is 9.72. The Hall–Kier alpha value is -1.91. The van der Waals surface area contributed by atoms with Crippen molar-refractivity contribution >= 4 is 18.4 Å². The number of fused-ring (bicyclic) bond motifs is 1. The lowest BCUT2D eigenvalue weighted by molar-refractivity contribution is 0.0993. The molecular formula is C17H17BO3. The molecule has 0 radical (unpaired) electrons. The molecule has 0 saturated carbocycles. The van der Waals surface area contributed by atoms with Crippen LogP contribution in [-0.4, -0.2) is 17.9 Å². The van der Waals surface area contributed by atoms with Gasteiger partial charge in [-0.3, -0.25) is 4.79 Å². The van der Waals surface area contributed by atoms with Crippen LogP contribution in [0, 0.1) is 13.8 Å². The molecule has 21 heavy (non-hydrogen) atoms. The highest BCUT2D eigenvalue weighted by Crippen LogP contribution is 2.15. The summed E-state index contributed by atoms with van der Waals surface area (Å²) in [6.45, 7) is 4.42. The molecule has 1 aliphatic rings. The molecule has 0 atom stereocenters. The summed E-state index contributed by atoms with van der Waals surface area (Å²) in [7, 11) is -0.865. The van der Waals surface area contributed by atoms with Crippen LogP contribution in [0.5, 0.6) is 0 Å². The van der Waals surface area contributed by atoms with Gasteiger partial charge in [-0.2, -0.15) is 0 Å². The lowest BCUT2D eigenvalue weighted by atomic mass is 9.78. The second-order valence-corrected chi connectivity index (χ2v) is 5.67. The number of carbonyl (C=O) groups is 1. The first-order chi connectivity index (χ1) is 10.0. The zero-order valence-corrected chi connectivity index (χ0v) is 12.2. The van der Waals surface area contributed by atoms with Crippen molar-refractivity contribution in [3.05, 3.63) is 64.2 Å². The number of carbonyl (C=O) groups excluding carboxylic acids is 1. The van der Waals surface area contributed by atoms with Crippen LogP contribution in [0.15, 0.2) is 36.4 Å². The van der Waals surface area contributed by atoms with Gasteiger partial charge in [0.15, 0.2) is 5.78 Å². The fourth-order valence-electron chi connectivity index (χ4n) is 2.80. The maximum atomic E-state index is 12.4. The first-order valence-corrected chi connectivity index (χ1v) is 7.06. The fraction of sp³-hybridized carbons (Fsp3) is 0.235. The Labute approximate surface area is 124 Å². The van der Waals surface area contributed by atoms with Crippen LogP contribution < -0.4 is 5.46 Å². The van der Waals surface area contributed by atoms with Crippen LogP contribution in [-0.2, 0) is 17.7 Å². The van der Waals surface area contributed by atoms with Gasteiger partial charge in [-0.15, -0.1) is 0 Å². The lowest BCUT2D eigenvalue weighted by Gasteiger charge is -2.06. The molecule has 106 valence electrons. The summed E-state index contributed by atoms with van der Waals surface area (Å²) in [4.78, 5) is 12.4. The Bertz CT molecular complexity index is 689. The van der Waals surface area contributed by atoms with Crippen LogP contribution in [0.1, 0.15) is 32.6 Å².